The van der Waals surface area contributed by atoms with Crippen LogP contribution >= 0.6 is 0 Å². The van der Waals surface area contributed by atoms with E-state index < -0.39 is 18.4 Å². The Bertz CT molecular complexity index is 696. The second-order valence-electron chi connectivity index (χ2n) is 4.83. The van der Waals surface area contributed by atoms with Gasteiger partial charge in [-0.1, -0.05) is 24.3 Å². The van der Waals surface area contributed by atoms with Crippen molar-refractivity contribution in [2.75, 3.05) is 14.2 Å². The molecule has 2 aromatic rings. The minimum Gasteiger partial charge on any atom is -0.497 e. The first-order valence-electron chi connectivity index (χ1n) is 6.91. The van der Waals surface area contributed by atoms with Crippen LogP contribution in [0.25, 0.3) is 0 Å². The van der Waals surface area contributed by atoms with Crippen LogP contribution in [-0.2, 0) is 9.47 Å². The Kier molecular flexibility index (Phi) is 5.46. The quantitative estimate of drug-likeness (QED) is 0.769. The smallest absolute Gasteiger partial charge is 0.497 e. The molecule has 128 valence electrons. The van der Waals surface area contributed by atoms with Gasteiger partial charge in [0.15, 0.2) is 0 Å². The zero-order valence-electron chi connectivity index (χ0n) is 13.0. The molecule has 0 heterocycles. The minimum absolute atomic E-state index is 0.234. The summed E-state index contributed by atoms with van der Waals surface area (Å²) in [5.74, 6) is -0.161. The topological polar surface area (TPSA) is 44.8 Å². The number of rotatable bonds is 5. The fourth-order valence-electron chi connectivity index (χ4n) is 2.18. The fraction of sp³-hybridized carbons (Fsp3) is 0.235. The largest absolute Gasteiger partial charge is 0.523 e. The Balaban J connectivity index is 2.40. The molecule has 2 aromatic carbocycles. The van der Waals surface area contributed by atoms with Gasteiger partial charge in [0.1, 0.15) is 11.9 Å². The number of methoxy groups -OCH3 is 2. The van der Waals surface area contributed by atoms with E-state index in [-0.39, 0.29) is 16.7 Å². The van der Waals surface area contributed by atoms with Crippen LogP contribution in [0.3, 0.4) is 0 Å². The normalized spacial score (nSPS) is 12.5. The van der Waals surface area contributed by atoms with Crippen molar-refractivity contribution in [3.05, 3.63) is 65.2 Å². The molecule has 0 aliphatic heterocycles. The lowest BCUT2D eigenvalue weighted by Gasteiger charge is -2.21. The van der Waals surface area contributed by atoms with E-state index in [9.17, 15) is 18.0 Å². The third-order valence-electron chi connectivity index (χ3n) is 3.28. The summed E-state index contributed by atoms with van der Waals surface area (Å²) >= 11 is 0. The summed E-state index contributed by atoms with van der Waals surface area (Å²) in [6.45, 7) is 0. The zero-order valence-corrected chi connectivity index (χ0v) is 13.0. The highest BCUT2D eigenvalue weighted by Crippen LogP contribution is 2.34. The maximum Gasteiger partial charge on any atom is 0.523 e. The molecule has 0 aliphatic rings. The fourth-order valence-corrected chi connectivity index (χ4v) is 2.18. The summed E-state index contributed by atoms with van der Waals surface area (Å²) in [5.41, 5.74) is 0.753. The first-order valence-corrected chi connectivity index (χ1v) is 6.91. The first-order chi connectivity index (χ1) is 11.3. The second-order valence-corrected chi connectivity index (χ2v) is 4.83. The number of esters is 1. The molecular weight excluding hydrogens is 325 g/mol. The number of alkyl halides is 3. The Morgan fingerprint density at radius 3 is 2.21 bits per heavy atom. The van der Waals surface area contributed by atoms with Crippen LogP contribution in [0.15, 0.2) is 48.5 Å². The van der Waals surface area contributed by atoms with Gasteiger partial charge in [-0.05, 0) is 35.4 Å². The maximum absolute atomic E-state index is 12.8. The third-order valence-corrected chi connectivity index (χ3v) is 3.28. The number of hydrogen-bond acceptors (Lipinski definition) is 4. The summed E-state index contributed by atoms with van der Waals surface area (Å²) in [4.78, 5) is 11.4. The molecule has 0 unspecified atom stereocenters. The van der Waals surface area contributed by atoms with E-state index in [0.29, 0.717) is 5.75 Å². The molecule has 0 amide bonds. The summed E-state index contributed by atoms with van der Waals surface area (Å²) in [6.07, 6.45) is -6.21. The molecule has 0 saturated heterocycles. The average Bonchev–Trinajstić information content (AvgIpc) is 2.58. The summed E-state index contributed by atoms with van der Waals surface area (Å²) < 4.78 is 52.2. The van der Waals surface area contributed by atoms with E-state index in [1.807, 2.05) is 0 Å². The van der Waals surface area contributed by atoms with Gasteiger partial charge in [-0.25, -0.2) is 4.79 Å². The van der Waals surface area contributed by atoms with Crippen molar-refractivity contribution in [1.82, 2.24) is 0 Å². The molecule has 7 heteroatoms. The zero-order chi connectivity index (χ0) is 17.7. The molecule has 0 aromatic heterocycles. The second kappa shape index (κ2) is 7.35. The minimum atomic E-state index is -4.82. The van der Waals surface area contributed by atoms with Crippen molar-refractivity contribution in [3.8, 4) is 5.75 Å². The van der Waals surface area contributed by atoms with Crippen LogP contribution in [0, 0.1) is 0 Å². The van der Waals surface area contributed by atoms with Crippen molar-refractivity contribution in [2.45, 2.75) is 12.5 Å². The molecule has 0 radical (unpaired) electrons. The van der Waals surface area contributed by atoms with E-state index in [1.54, 1.807) is 12.1 Å². The van der Waals surface area contributed by atoms with Crippen molar-refractivity contribution >= 4 is 5.97 Å². The number of ether oxygens (including phenoxy) is 3. The van der Waals surface area contributed by atoms with Crippen LogP contribution in [0.2, 0.25) is 0 Å². The SMILES string of the molecule is COC(=O)c1ccc([C@H](OC(F)(F)F)c2cccc(OC)c2)cc1. The number of carbonyl (C=O) groups is 1. The van der Waals surface area contributed by atoms with Crippen molar-refractivity contribution < 1.29 is 32.2 Å². The van der Waals surface area contributed by atoms with Gasteiger partial charge in [-0.15, -0.1) is 13.2 Å². The van der Waals surface area contributed by atoms with E-state index >= 15 is 0 Å². The number of benzene rings is 2. The van der Waals surface area contributed by atoms with Gasteiger partial charge in [0.25, 0.3) is 0 Å². The monoisotopic (exact) mass is 340 g/mol. The van der Waals surface area contributed by atoms with Crippen LogP contribution < -0.4 is 4.74 Å². The lowest BCUT2D eigenvalue weighted by atomic mass is 10.00. The van der Waals surface area contributed by atoms with E-state index in [1.165, 1.54) is 50.6 Å². The highest BCUT2D eigenvalue weighted by Gasteiger charge is 2.35. The molecule has 4 nitrogen and oxygen atoms in total. The molecule has 0 N–H and O–H groups in total. The van der Waals surface area contributed by atoms with Gasteiger partial charge in [-0.2, -0.15) is 0 Å². The highest BCUT2D eigenvalue weighted by atomic mass is 19.4. The number of halogens is 3. The predicted molar refractivity (Wildman–Crippen MR) is 79.8 cm³/mol. The molecule has 1 atom stereocenters. The summed E-state index contributed by atoms with van der Waals surface area (Å²) in [7, 11) is 2.64. The molecule has 0 aliphatic carbocycles. The lowest BCUT2D eigenvalue weighted by Crippen LogP contribution is -2.19. The summed E-state index contributed by atoms with van der Waals surface area (Å²) in [6, 6.07) is 11.7. The van der Waals surface area contributed by atoms with E-state index in [4.69, 9.17) is 4.74 Å². The van der Waals surface area contributed by atoms with Gasteiger partial charge < -0.3 is 9.47 Å². The average molecular weight is 340 g/mol. The molecule has 0 fully saturated rings. The Morgan fingerprint density at radius 2 is 1.67 bits per heavy atom. The Morgan fingerprint density at radius 1 is 1.00 bits per heavy atom. The van der Waals surface area contributed by atoms with Gasteiger partial charge in [-0.3, -0.25) is 4.74 Å². The highest BCUT2D eigenvalue weighted by molar-refractivity contribution is 5.89. The Hall–Kier alpha value is -2.54. The Labute approximate surface area is 136 Å². The van der Waals surface area contributed by atoms with Gasteiger partial charge in [0, 0.05) is 0 Å². The first kappa shape index (κ1) is 17.8. The standard InChI is InChI=1S/C17H15F3O4/c1-22-14-5-3-4-13(10-14)15(24-17(18,19)20)11-6-8-12(9-7-11)16(21)23-2/h3-10,15H,1-2H3/t15-/m0/s1. The molecule has 24 heavy (non-hydrogen) atoms. The van der Waals surface area contributed by atoms with E-state index in [0.717, 1.165) is 0 Å². The van der Waals surface area contributed by atoms with Gasteiger partial charge >= 0.3 is 12.3 Å². The molecule has 0 spiro atoms. The summed E-state index contributed by atoms with van der Waals surface area (Å²) in [5, 5.41) is 0. The predicted octanol–water partition coefficient (Wildman–Crippen LogP) is 4.11. The van der Waals surface area contributed by atoms with Crippen LogP contribution in [0.4, 0.5) is 13.2 Å². The van der Waals surface area contributed by atoms with Crippen molar-refractivity contribution in [3.63, 3.8) is 0 Å². The molecule has 0 bridgehead atoms. The maximum atomic E-state index is 12.8. The van der Waals surface area contributed by atoms with E-state index in [2.05, 4.69) is 9.47 Å². The number of carbonyl (C=O) groups excluding carboxylic acids is 1. The van der Waals surface area contributed by atoms with Crippen molar-refractivity contribution in [2.24, 2.45) is 0 Å². The van der Waals surface area contributed by atoms with Crippen molar-refractivity contribution in [1.29, 1.82) is 0 Å². The molecular formula is C17H15F3O4. The van der Waals surface area contributed by atoms with Crippen LogP contribution in [0.5, 0.6) is 5.75 Å². The van der Waals surface area contributed by atoms with Crippen LogP contribution in [-0.4, -0.2) is 26.6 Å². The van der Waals surface area contributed by atoms with Gasteiger partial charge in [0.05, 0.1) is 19.8 Å². The third kappa shape index (κ3) is 4.48. The molecule has 0 saturated carbocycles. The lowest BCUT2D eigenvalue weighted by molar-refractivity contribution is -0.339. The molecule has 2 rings (SSSR count). The van der Waals surface area contributed by atoms with Gasteiger partial charge in [0.2, 0.25) is 0 Å². The number of hydrogen-bond donors (Lipinski definition) is 0. The van der Waals surface area contributed by atoms with Crippen LogP contribution in [0.1, 0.15) is 27.6 Å².